The van der Waals surface area contributed by atoms with Crippen molar-refractivity contribution in [3.8, 4) is 5.75 Å². The van der Waals surface area contributed by atoms with Gasteiger partial charge < -0.3 is 19.4 Å². The maximum Gasteiger partial charge on any atom is 0.209 e. The first-order valence-electron chi connectivity index (χ1n) is 17.4. The van der Waals surface area contributed by atoms with Gasteiger partial charge in [0.1, 0.15) is 22.4 Å². The molecule has 2 aliphatic heterocycles. The number of likely N-dealkylation sites (N-methyl/N-ethyl adjacent to an activating group) is 1. The van der Waals surface area contributed by atoms with Gasteiger partial charge in [0.05, 0.1) is 29.0 Å². The van der Waals surface area contributed by atoms with E-state index in [1.165, 1.54) is 12.1 Å². The lowest BCUT2D eigenvalue weighted by Gasteiger charge is -2.26. The van der Waals surface area contributed by atoms with Crippen LogP contribution in [-0.4, -0.2) is 43.0 Å². The van der Waals surface area contributed by atoms with Crippen molar-refractivity contribution in [3.05, 3.63) is 107 Å². The highest BCUT2D eigenvalue weighted by Gasteiger charge is 2.44. The van der Waals surface area contributed by atoms with E-state index in [9.17, 15) is 18.2 Å². The van der Waals surface area contributed by atoms with Crippen molar-refractivity contribution < 1.29 is 36.9 Å². The molecule has 0 aromatic heterocycles. The molecule has 0 saturated heterocycles. The van der Waals surface area contributed by atoms with Crippen molar-refractivity contribution in [3.63, 3.8) is 0 Å². The van der Waals surface area contributed by atoms with Crippen molar-refractivity contribution >= 4 is 44.8 Å². The van der Waals surface area contributed by atoms with E-state index in [0.29, 0.717) is 13.2 Å². The molecule has 51 heavy (non-hydrogen) atoms. The third kappa shape index (κ3) is 8.04. The summed E-state index contributed by atoms with van der Waals surface area (Å²) in [6, 6.07) is 18.8. The summed E-state index contributed by atoms with van der Waals surface area (Å²) in [5.74, 6) is 0.802. The zero-order chi connectivity index (χ0) is 37.0. The van der Waals surface area contributed by atoms with E-state index in [1.54, 1.807) is 6.07 Å². The van der Waals surface area contributed by atoms with Crippen LogP contribution in [0.5, 0.6) is 5.75 Å². The Kier molecular flexibility index (Phi) is 12.0. The molecule has 0 amide bonds. The highest BCUT2D eigenvalue weighted by molar-refractivity contribution is 7.94. The molecule has 0 saturated carbocycles. The highest BCUT2D eigenvalue weighted by Crippen LogP contribution is 2.48. The number of unbranched alkanes of at least 4 members (excludes halogenated alkanes) is 2. The summed E-state index contributed by atoms with van der Waals surface area (Å²) in [5.41, 5.74) is 7.00. The van der Waals surface area contributed by atoms with Crippen LogP contribution in [-0.2, 0) is 30.3 Å². The smallest absolute Gasteiger partial charge is 0.209 e. The quantitative estimate of drug-likeness (QED) is 0.0291. The Hall–Kier alpha value is -3.71. The molecule has 0 atom stereocenters. The number of ether oxygens (including phenoxy) is 1. The average Bonchev–Trinajstić information content (AvgIpc) is 3.46. The Labute approximate surface area is 306 Å². The lowest BCUT2D eigenvalue weighted by atomic mass is 9.81. The molecule has 0 aliphatic carbocycles. The first-order chi connectivity index (χ1) is 24.3. The van der Waals surface area contributed by atoms with E-state index in [0.717, 1.165) is 93.5 Å². The van der Waals surface area contributed by atoms with Gasteiger partial charge in [0.2, 0.25) is 5.69 Å². The molecule has 9 nitrogen and oxygen atoms in total. The van der Waals surface area contributed by atoms with Crippen molar-refractivity contribution in [1.29, 1.82) is 0 Å². The molecule has 0 radical (unpaired) electrons. The Morgan fingerprint density at radius 1 is 0.961 bits per heavy atom. The van der Waals surface area contributed by atoms with Crippen LogP contribution in [0.2, 0.25) is 0 Å². The summed E-state index contributed by atoms with van der Waals surface area (Å²) in [4.78, 5) is 2.71. The van der Waals surface area contributed by atoms with Crippen LogP contribution >= 0.6 is 12.0 Å². The second-order valence-corrected chi connectivity index (χ2v) is 15.9. The summed E-state index contributed by atoms with van der Waals surface area (Å²) in [7, 11) is -4.60. The molecule has 0 N–H and O–H groups in total. The van der Waals surface area contributed by atoms with E-state index in [1.807, 2.05) is 30.3 Å². The maximum atomic E-state index is 11.9. The number of benzene rings is 3. The van der Waals surface area contributed by atoms with Crippen molar-refractivity contribution in [2.45, 2.75) is 88.3 Å². The fraction of sp³-hybridized carbons (Fsp3) is 0.375. The molecular weight excluding hydrogens is 685 g/mol. The minimum Gasteiger partial charge on any atom is -0.744 e. The van der Waals surface area contributed by atoms with Gasteiger partial charge in [-0.25, -0.2) is 8.42 Å². The molecule has 11 heteroatoms. The van der Waals surface area contributed by atoms with Crippen LogP contribution in [0.15, 0.2) is 100 Å². The Morgan fingerprint density at radius 2 is 1.75 bits per heavy atom. The van der Waals surface area contributed by atoms with Gasteiger partial charge in [0, 0.05) is 45.9 Å². The Morgan fingerprint density at radius 3 is 2.43 bits per heavy atom. The van der Waals surface area contributed by atoms with Crippen LogP contribution in [0.3, 0.4) is 0 Å². The van der Waals surface area contributed by atoms with Gasteiger partial charge in [-0.15, -0.1) is 0 Å². The Bertz CT molecular complexity index is 1990. The zero-order valence-corrected chi connectivity index (χ0v) is 32.0. The first kappa shape index (κ1) is 38.5. The topological polar surface area (TPSA) is 114 Å². The molecule has 0 fully saturated rings. The fourth-order valence-electron chi connectivity index (χ4n) is 7.14. The molecule has 3 aromatic carbocycles. The van der Waals surface area contributed by atoms with E-state index < -0.39 is 15.5 Å². The SMILES string of the molecule is CCCCCOc1cccc(C(=C\C=C2\N(CC)c3ccc(S(=O)(=O)[O-])cc3C2(C)C)/C=C/C2=[N+](CC)c3ccc(SOO[O-])cc3C2(C)C)c1. The fourth-order valence-corrected chi connectivity index (χ4v) is 8.04. The van der Waals surface area contributed by atoms with E-state index in [2.05, 4.69) is 104 Å². The normalized spacial score (nSPS) is 17.5. The van der Waals surface area contributed by atoms with Gasteiger partial charge in [-0.3, -0.25) is 5.04 Å². The van der Waals surface area contributed by atoms with Crippen molar-refractivity contribution in [2.24, 2.45) is 0 Å². The van der Waals surface area contributed by atoms with E-state index in [-0.39, 0.29) is 10.3 Å². The molecule has 2 heterocycles. The van der Waals surface area contributed by atoms with Crippen molar-refractivity contribution in [2.75, 3.05) is 24.6 Å². The number of hydrogen-bond donors (Lipinski definition) is 0. The Balaban J connectivity index is 1.60. The predicted octanol–water partition coefficient (Wildman–Crippen LogP) is 8.13. The first-order valence-corrected chi connectivity index (χ1v) is 19.6. The van der Waals surface area contributed by atoms with Gasteiger partial charge in [-0.05, 0) is 105 Å². The number of rotatable bonds is 15. The summed E-state index contributed by atoms with van der Waals surface area (Å²) in [6.45, 7) is 16.9. The zero-order valence-electron chi connectivity index (χ0n) is 30.4. The summed E-state index contributed by atoms with van der Waals surface area (Å²) >= 11 is 0.883. The number of hydrogen-bond acceptors (Lipinski definition) is 9. The molecule has 2 aliphatic rings. The number of anilines is 1. The molecule has 3 aromatic rings. The van der Waals surface area contributed by atoms with Gasteiger partial charge in [-0.1, -0.05) is 51.8 Å². The monoisotopic (exact) mass is 731 g/mol. The second kappa shape index (κ2) is 15.9. The van der Waals surface area contributed by atoms with E-state index in [4.69, 9.17) is 4.74 Å². The maximum absolute atomic E-state index is 11.9. The van der Waals surface area contributed by atoms with Crippen molar-refractivity contribution in [1.82, 2.24) is 0 Å². The standard InChI is InChI=1S/C40H48N2O7S2/c1-8-11-12-24-47-30-15-13-14-29(25-30)28(16-22-37-39(4,5)33-26-31(50-49-48-43)18-20-35(33)41(37)9-2)17-23-38-40(6,7)34-27-32(51(44,45)46)19-21-36(34)42(38)10-3/h13-23,25-27H,8-12,24H2,1-7H3,(H-,43,44,45,46)/p-1. The van der Waals surface area contributed by atoms with Crippen LogP contribution in [0.4, 0.5) is 11.4 Å². The molecular formula is C40H47N2O7S2-. The molecule has 5 rings (SSSR count). The lowest BCUT2D eigenvalue weighted by Crippen LogP contribution is -2.27. The van der Waals surface area contributed by atoms with Gasteiger partial charge >= 0.3 is 0 Å². The van der Waals surface area contributed by atoms with Crippen LogP contribution in [0.1, 0.15) is 84.4 Å². The average molecular weight is 732 g/mol. The molecule has 0 spiro atoms. The summed E-state index contributed by atoms with van der Waals surface area (Å²) in [5, 5.41) is 14.1. The van der Waals surface area contributed by atoms with Crippen LogP contribution in [0, 0.1) is 0 Å². The number of fused-ring (bicyclic) bond motifs is 2. The highest BCUT2D eigenvalue weighted by atomic mass is 32.2. The van der Waals surface area contributed by atoms with Gasteiger partial charge in [0.15, 0.2) is 5.71 Å². The van der Waals surface area contributed by atoms with Crippen LogP contribution < -0.4 is 14.9 Å². The minimum absolute atomic E-state index is 0.226. The van der Waals surface area contributed by atoms with Crippen LogP contribution in [0.25, 0.3) is 5.57 Å². The van der Waals surface area contributed by atoms with Gasteiger partial charge in [-0.2, -0.15) is 8.91 Å². The second-order valence-electron chi connectivity index (χ2n) is 13.7. The molecule has 0 bridgehead atoms. The third-order valence-corrected chi connectivity index (χ3v) is 11.2. The molecule has 0 unspecified atom stereocenters. The third-order valence-electron chi connectivity index (χ3n) is 9.83. The summed E-state index contributed by atoms with van der Waals surface area (Å²) < 4.78 is 48.9. The minimum atomic E-state index is -4.60. The number of allylic oxidation sites excluding steroid dienone is 6. The lowest BCUT2D eigenvalue weighted by molar-refractivity contribution is -0.777. The van der Waals surface area contributed by atoms with Gasteiger partial charge in [0.25, 0.3) is 0 Å². The number of nitrogens with zero attached hydrogens (tertiary/aromatic N) is 2. The van der Waals surface area contributed by atoms with E-state index >= 15 is 0 Å². The summed E-state index contributed by atoms with van der Waals surface area (Å²) in [6.07, 6.45) is 11.7. The molecule has 272 valence electrons. The predicted molar refractivity (Wildman–Crippen MR) is 200 cm³/mol. The largest absolute Gasteiger partial charge is 0.744 e.